The van der Waals surface area contributed by atoms with Crippen molar-refractivity contribution in [3.63, 3.8) is 0 Å². The van der Waals surface area contributed by atoms with Crippen LogP contribution in [0.4, 0.5) is 0 Å². The Hall–Kier alpha value is -0.830. The summed E-state index contributed by atoms with van der Waals surface area (Å²) >= 11 is 0. The second kappa shape index (κ2) is 4.79. The molecule has 1 aromatic heterocycles. The van der Waals surface area contributed by atoms with E-state index >= 15 is 0 Å². The van der Waals surface area contributed by atoms with Crippen molar-refractivity contribution in [2.45, 2.75) is 39.5 Å². The van der Waals surface area contributed by atoms with Crippen molar-refractivity contribution in [3.8, 4) is 0 Å². The minimum Gasteiger partial charge on any atom is -0.346 e. The van der Waals surface area contributed by atoms with E-state index < -0.39 is 0 Å². The van der Waals surface area contributed by atoms with Crippen molar-refractivity contribution in [1.29, 1.82) is 0 Å². The van der Waals surface area contributed by atoms with Crippen molar-refractivity contribution < 1.29 is 0 Å². The fourth-order valence-electron chi connectivity index (χ4n) is 2.36. The van der Waals surface area contributed by atoms with E-state index in [0.29, 0.717) is 0 Å². The van der Waals surface area contributed by atoms with Crippen LogP contribution >= 0.6 is 0 Å². The molecule has 15 heavy (non-hydrogen) atoms. The lowest BCUT2D eigenvalue weighted by Gasteiger charge is -2.21. The van der Waals surface area contributed by atoms with Crippen LogP contribution in [-0.2, 0) is 12.8 Å². The molecule has 3 nitrogen and oxygen atoms in total. The maximum atomic E-state index is 4.65. The Labute approximate surface area is 91.7 Å². The third-order valence-corrected chi connectivity index (χ3v) is 3.31. The van der Waals surface area contributed by atoms with Crippen molar-refractivity contribution in [1.82, 2.24) is 15.3 Å². The number of aromatic amines is 1. The largest absolute Gasteiger partial charge is 0.346 e. The molecule has 0 atom stereocenters. The molecule has 0 amide bonds. The highest BCUT2D eigenvalue weighted by Gasteiger charge is 2.15. The van der Waals surface area contributed by atoms with E-state index in [1.165, 1.54) is 43.1 Å². The highest BCUT2D eigenvalue weighted by molar-refractivity contribution is 5.13. The molecule has 0 radical (unpaired) electrons. The van der Waals surface area contributed by atoms with E-state index in [2.05, 4.69) is 29.1 Å². The average molecular weight is 207 g/mol. The molecular formula is C12H21N3. The Morgan fingerprint density at radius 1 is 1.33 bits per heavy atom. The van der Waals surface area contributed by atoms with E-state index in [9.17, 15) is 0 Å². The van der Waals surface area contributed by atoms with Gasteiger partial charge in [0, 0.05) is 12.1 Å². The normalized spacial score (nSPS) is 18.3. The highest BCUT2D eigenvalue weighted by Crippen LogP contribution is 2.17. The number of nitrogens with one attached hydrogen (secondary N) is 2. The van der Waals surface area contributed by atoms with Gasteiger partial charge in [-0.3, -0.25) is 0 Å². The lowest BCUT2D eigenvalue weighted by atomic mass is 9.94. The predicted octanol–water partition coefficient (Wildman–Crippen LogP) is 1.82. The monoisotopic (exact) mass is 207 g/mol. The molecule has 2 heterocycles. The number of hydrogen-bond donors (Lipinski definition) is 2. The Kier molecular flexibility index (Phi) is 3.41. The van der Waals surface area contributed by atoms with E-state index in [4.69, 9.17) is 0 Å². The lowest BCUT2D eigenvalue weighted by Crippen LogP contribution is -2.28. The highest BCUT2D eigenvalue weighted by atomic mass is 14.9. The summed E-state index contributed by atoms with van der Waals surface area (Å²) in [5, 5.41) is 3.40. The van der Waals surface area contributed by atoms with Crippen molar-refractivity contribution in [2.24, 2.45) is 5.92 Å². The summed E-state index contributed by atoms with van der Waals surface area (Å²) in [6, 6.07) is 0. The maximum absolute atomic E-state index is 4.65. The van der Waals surface area contributed by atoms with Gasteiger partial charge in [0.1, 0.15) is 5.82 Å². The fourth-order valence-corrected chi connectivity index (χ4v) is 2.36. The van der Waals surface area contributed by atoms with Gasteiger partial charge in [-0.15, -0.1) is 0 Å². The van der Waals surface area contributed by atoms with E-state index in [1.807, 2.05) is 0 Å². The Morgan fingerprint density at radius 3 is 2.67 bits per heavy atom. The van der Waals surface area contributed by atoms with Crippen molar-refractivity contribution >= 4 is 0 Å². The number of aromatic nitrogens is 2. The van der Waals surface area contributed by atoms with E-state index in [0.717, 1.165) is 18.8 Å². The molecule has 2 rings (SSSR count). The molecule has 0 bridgehead atoms. The molecule has 0 aliphatic carbocycles. The van der Waals surface area contributed by atoms with Crippen LogP contribution in [0.15, 0.2) is 0 Å². The summed E-state index contributed by atoms with van der Waals surface area (Å²) in [4.78, 5) is 8.06. The van der Waals surface area contributed by atoms with Gasteiger partial charge in [-0.2, -0.15) is 0 Å². The smallest absolute Gasteiger partial charge is 0.106 e. The van der Waals surface area contributed by atoms with Crippen LogP contribution < -0.4 is 5.32 Å². The standard InChI is InChI=1S/C12H21N3/c1-3-11-9(2)14-12(15-11)8-10-4-6-13-7-5-10/h10,13H,3-8H2,1-2H3,(H,14,15). The molecule has 0 spiro atoms. The second-order valence-electron chi connectivity index (χ2n) is 4.51. The Bertz CT molecular complexity index is 311. The Morgan fingerprint density at radius 2 is 2.07 bits per heavy atom. The number of imidazole rings is 1. The molecule has 1 aliphatic rings. The van der Waals surface area contributed by atoms with Crippen LogP contribution in [0.5, 0.6) is 0 Å². The summed E-state index contributed by atoms with van der Waals surface area (Å²) < 4.78 is 0. The lowest BCUT2D eigenvalue weighted by molar-refractivity contribution is 0.368. The van der Waals surface area contributed by atoms with Crippen LogP contribution in [0.1, 0.15) is 37.0 Å². The van der Waals surface area contributed by atoms with Crippen LogP contribution in [0.2, 0.25) is 0 Å². The maximum Gasteiger partial charge on any atom is 0.106 e. The second-order valence-corrected chi connectivity index (χ2v) is 4.51. The van der Waals surface area contributed by atoms with Gasteiger partial charge in [0.15, 0.2) is 0 Å². The van der Waals surface area contributed by atoms with Crippen molar-refractivity contribution in [2.75, 3.05) is 13.1 Å². The van der Waals surface area contributed by atoms with Gasteiger partial charge in [-0.25, -0.2) is 4.98 Å². The number of rotatable bonds is 3. The molecule has 1 aliphatic heterocycles. The first kappa shape index (κ1) is 10.7. The van der Waals surface area contributed by atoms with Crippen LogP contribution in [-0.4, -0.2) is 23.1 Å². The first-order chi connectivity index (χ1) is 7.29. The summed E-state index contributed by atoms with van der Waals surface area (Å²) in [6.07, 6.45) is 4.75. The van der Waals surface area contributed by atoms with Crippen LogP contribution in [0.3, 0.4) is 0 Å². The summed E-state index contributed by atoms with van der Waals surface area (Å²) in [5.41, 5.74) is 2.49. The van der Waals surface area contributed by atoms with Crippen molar-refractivity contribution in [3.05, 3.63) is 17.2 Å². The summed E-state index contributed by atoms with van der Waals surface area (Å²) in [5.74, 6) is 2.01. The predicted molar refractivity (Wildman–Crippen MR) is 62.0 cm³/mol. The molecule has 0 unspecified atom stereocenters. The molecule has 84 valence electrons. The summed E-state index contributed by atoms with van der Waals surface area (Å²) in [7, 11) is 0. The number of piperidine rings is 1. The van der Waals surface area contributed by atoms with Gasteiger partial charge in [0.05, 0.1) is 5.69 Å². The third kappa shape index (κ3) is 2.59. The average Bonchev–Trinajstić information content (AvgIpc) is 2.60. The number of nitrogens with zero attached hydrogens (tertiary/aromatic N) is 1. The van der Waals surface area contributed by atoms with Gasteiger partial charge < -0.3 is 10.3 Å². The van der Waals surface area contributed by atoms with Gasteiger partial charge in [0.2, 0.25) is 0 Å². The van der Waals surface area contributed by atoms with E-state index in [-0.39, 0.29) is 0 Å². The SMILES string of the molecule is CCc1nc(CC2CCNCC2)[nH]c1C. The van der Waals surface area contributed by atoms with Gasteiger partial charge in [0.25, 0.3) is 0 Å². The van der Waals surface area contributed by atoms with Gasteiger partial charge in [-0.05, 0) is 45.2 Å². The molecule has 3 heteroatoms. The zero-order chi connectivity index (χ0) is 10.7. The number of H-pyrrole nitrogens is 1. The minimum atomic E-state index is 0.821. The zero-order valence-electron chi connectivity index (χ0n) is 9.77. The minimum absolute atomic E-state index is 0.821. The number of aryl methyl sites for hydroxylation is 2. The number of hydrogen-bond acceptors (Lipinski definition) is 2. The van der Waals surface area contributed by atoms with E-state index in [1.54, 1.807) is 0 Å². The third-order valence-electron chi connectivity index (χ3n) is 3.31. The molecule has 1 saturated heterocycles. The molecular weight excluding hydrogens is 186 g/mol. The molecule has 0 aromatic carbocycles. The first-order valence-corrected chi connectivity index (χ1v) is 6.04. The molecule has 1 fully saturated rings. The topological polar surface area (TPSA) is 40.7 Å². The Balaban J connectivity index is 1.97. The van der Waals surface area contributed by atoms with Gasteiger partial charge >= 0.3 is 0 Å². The molecule has 0 saturated carbocycles. The fraction of sp³-hybridized carbons (Fsp3) is 0.750. The quantitative estimate of drug-likeness (QED) is 0.794. The first-order valence-electron chi connectivity index (χ1n) is 6.04. The van der Waals surface area contributed by atoms with Crippen LogP contribution in [0.25, 0.3) is 0 Å². The van der Waals surface area contributed by atoms with Crippen LogP contribution in [0, 0.1) is 12.8 Å². The summed E-state index contributed by atoms with van der Waals surface area (Å²) in [6.45, 7) is 6.63. The molecule has 2 N–H and O–H groups in total. The molecule has 1 aromatic rings. The van der Waals surface area contributed by atoms with Gasteiger partial charge in [-0.1, -0.05) is 6.92 Å². The zero-order valence-corrected chi connectivity index (χ0v) is 9.77.